The molecular formula is C22H22N2O6. The lowest BCUT2D eigenvalue weighted by molar-refractivity contribution is -0.159. The highest BCUT2D eigenvalue weighted by Crippen LogP contribution is 2.15. The molecule has 8 heteroatoms. The summed E-state index contributed by atoms with van der Waals surface area (Å²) in [6.45, 7) is 0.635. The first-order chi connectivity index (χ1) is 14.5. The highest BCUT2D eigenvalue weighted by Gasteiger charge is 2.07. The second-order valence-electron chi connectivity index (χ2n) is 6.25. The Morgan fingerprint density at radius 2 is 1.60 bits per heavy atom. The first kappa shape index (κ1) is 22.4. The van der Waals surface area contributed by atoms with Gasteiger partial charge in [-0.2, -0.15) is 0 Å². The van der Waals surface area contributed by atoms with Gasteiger partial charge in [-0.15, -0.1) is 0 Å². The van der Waals surface area contributed by atoms with E-state index >= 15 is 0 Å². The van der Waals surface area contributed by atoms with Crippen molar-refractivity contribution < 1.29 is 29.3 Å². The SMILES string of the molecule is O=C(Cc1ccccc1)c1ccc(OCCCc2cnc[nH]2)cc1.O=C(O)C(=O)O. The Balaban J connectivity index is 0.000000469. The molecule has 3 N–H and O–H groups in total. The maximum absolute atomic E-state index is 12.3. The van der Waals surface area contributed by atoms with Crippen LogP contribution < -0.4 is 4.74 Å². The largest absolute Gasteiger partial charge is 0.494 e. The van der Waals surface area contributed by atoms with Crippen LogP contribution >= 0.6 is 0 Å². The highest BCUT2D eigenvalue weighted by atomic mass is 16.5. The number of aromatic amines is 1. The van der Waals surface area contributed by atoms with E-state index in [-0.39, 0.29) is 5.78 Å². The van der Waals surface area contributed by atoms with Crippen LogP contribution in [0.4, 0.5) is 0 Å². The first-order valence-corrected chi connectivity index (χ1v) is 9.19. The molecular weight excluding hydrogens is 388 g/mol. The first-order valence-electron chi connectivity index (χ1n) is 9.19. The summed E-state index contributed by atoms with van der Waals surface area (Å²) in [5.74, 6) is -2.74. The molecule has 8 nitrogen and oxygen atoms in total. The number of hydrogen-bond acceptors (Lipinski definition) is 5. The molecule has 0 atom stereocenters. The summed E-state index contributed by atoms with van der Waals surface area (Å²) in [4.78, 5) is 37.5. The second-order valence-corrected chi connectivity index (χ2v) is 6.25. The van der Waals surface area contributed by atoms with Crippen molar-refractivity contribution in [3.8, 4) is 5.75 Å². The molecule has 0 amide bonds. The summed E-state index contributed by atoms with van der Waals surface area (Å²) in [5, 5.41) is 14.8. The minimum atomic E-state index is -1.82. The number of carboxylic acid groups (broad SMARTS) is 2. The summed E-state index contributed by atoms with van der Waals surface area (Å²) in [5.41, 5.74) is 2.85. The molecule has 0 aliphatic carbocycles. The molecule has 2 aromatic carbocycles. The number of benzene rings is 2. The Bertz CT molecular complexity index is 926. The molecule has 3 rings (SSSR count). The molecule has 0 spiro atoms. The van der Waals surface area contributed by atoms with E-state index < -0.39 is 11.9 Å². The molecule has 3 aromatic rings. The van der Waals surface area contributed by atoms with Gasteiger partial charge in [0.2, 0.25) is 0 Å². The van der Waals surface area contributed by atoms with E-state index in [1.165, 1.54) is 0 Å². The van der Waals surface area contributed by atoms with Crippen LogP contribution in [0.2, 0.25) is 0 Å². The number of ketones is 1. The molecule has 1 aromatic heterocycles. The second kappa shape index (κ2) is 11.8. The Hall–Kier alpha value is -3.94. The number of imidazole rings is 1. The standard InChI is InChI=1S/C20H20N2O2.C2H2O4/c23-20(13-16-5-2-1-3-6-16)17-8-10-19(11-9-17)24-12-4-7-18-14-21-15-22-18;3-1(4)2(5)6/h1-3,5-6,8-11,14-15H,4,7,12-13H2,(H,21,22);(H,3,4)(H,5,6). The molecule has 0 saturated heterocycles. The number of hydrogen-bond donors (Lipinski definition) is 3. The van der Waals surface area contributed by atoms with E-state index in [2.05, 4.69) is 9.97 Å². The van der Waals surface area contributed by atoms with Crippen molar-refractivity contribution in [3.63, 3.8) is 0 Å². The quantitative estimate of drug-likeness (QED) is 0.296. The normalized spacial score (nSPS) is 9.87. The minimum absolute atomic E-state index is 0.118. The zero-order valence-electron chi connectivity index (χ0n) is 16.2. The maximum atomic E-state index is 12.3. The van der Waals surface area contributed by atoms with Gasteiger partial charge in [0.1, 0.15) is 5.75 Å². The van der Waals surface area contributed by atoms with Crippen molar-refractivity contribution in [2.24, 2.45) is 0 Å². The average Bonchev–Trinajstić information content (AvgIpc) is 3.26. The number of nitrogens with one attached hydrogen (secondary N) is 1. The molecule has 156 valence electrons. The fourth-order valence-electron chi connectivity index (χ4n) is 2.49. The number of carboxylic acids is 2. The van der Waals surface area contributed by atoms with Crippen LogP contribution in [0.25, 0.3) is 0 Å². The van der Waals surface area contributed by atoms with Gasteiger partial charge in [0.05, 0.1) is 12.9 Å². The summed E-state index contributed by atoms with van der Waals surface area (Å²) < 4.78 is 5.71. The lowest BCUT2D eigenvalue weighted by Crippen LogP contribution is -2.09. The molecule has 0 aliphatic rings. The summed E-state index contributed by atoms with van der Waals surface area (Å²) in [7, 11) is 0. The van der Waals surface area contributed by atoms with Crippen molar-refractivity contribution in [2.75, 3.05) is 6.61 Å². The van der Waals surface area contributed by atoms with Crippen molar-refractivity contribution >= 4 is 17.7 Å². The maximum Gasteiger partial charge on any atom is 0.414 e. The molecule has 0 radical (unpaired) electrons. The zero-order chi connectivity index (χ0) is 21.8. The molecule has 30 heavy (non-hydrogen) atoms. The van der Waals surface area contributed by atoms with Crippen molar-refractivity contribution in [3.05, 3.63) is 83.9 Å². The van der Waals surface area contributed by atoms with Gasteiger partial charge in [-0.3, -0.25) is 4.79 Å². The van der Waals surface area contributed by atoms with E-state index in [1.54, 1.807) is 6.33 Å². The number of rotatable bonds is 8. The van der Waals surface area contributed by atoms with Crippen molar-refractivity contribution in [1.82, 2.24) is 9.97 Å². The number of carbonyl (C=O) groups excluding carboxylic acids is 1. The summed E-state index contributed by atoms with van der Waals surface area (Å²) >= 11 is 0. The molecule has 0 saturated carbocycles. The van der Waals surface area contributed by atoms with Gasteiger partial charge in [0.15, 0.2) is 5.78 Å². The van der Waals surface area contributed by atoms with Crippen LogP contribution in [-0.2, 0) is 22.4 Å². The topological polar surface area (TPSA) is 130 Å². The number of aliphatic carboxylic acids is 2. The third kappa shape index (κ3) is 7.97. The fourth-order valence-corrected chi connectivity index (χ4v) is 2.49. The minimum Gasteiger partial charge on any atom is -0.494 e. The van der Waals surface area contributed by atoms with Gasteiger partial charge in [-0.05, 0) is 42.7 Å². The Morgan fingerprint density at radius 3 is 2.17 bits per heavy atom. The van der Waals surface area contributed by atoms with Crippen LogP contribution in [0.15, 0.2) is 67.1 Å². The Kier molecular flexibility index (Phi) is 8.79. The number of nitrogens with zero attached hydrogens (tertiary/aromatic N) is 1. The van der Waals surface area contributed by atoms with Crippen LogP contribution in [0, 0.1) is 0 Å². The number of H-pyrrole nitrogens is 1. The van der Waals surface area contributed by atoms with Gasteiger partial charge >= 0.3 is 11.9 Å². The summed E-state index contributed by atoms with van der Waals surface area (Å²) in [6, 6.07) is 17.1. The van der Waals surface area contributed by atoms with Gasteiger partial charge < -0.3 is 19.9 Å². The van der Waals surface area contributed by atoms with Gasteiger partial charge in [-0.25, -0.2) is 14.6 Å². The zero-order valence-corrected chi connectivity index (χ0v) is 16.2. The predicted molar refractivity (Wildman–Crippen MR) is 109 cm³/mol. The molecule has 1 heterocycles. The monoisotopic (exact) mass is 410 g/mol. The van der Waals surface area contributed by atoms with E-state index in [0.717, 1.165) is 29.8 Å². The number of carbonyl (C=O) groups is 3. The highest BCUT2D eigenvalue weighted by molar-refractivity contribution is 6.27. The Labute approximate surface area is 173 Å². The van der Waals surface area contributed by atoms with Crippen LogP contribution in [0.3, 0.4) is 0 Å². The lowest BCUT2D eigenvalue weighted by Gasteiger charge is -2.07. The molecule has 0 fully saturated rings. The van der Waals surface area contributed by atoms with Crippen molar-refractivity contribution in [2.45, 2.75) is 19.3 Å². The third-order valence-corrected chi connectivity index (χ3v) is 3.98. The van der Waals surface area contributed by atoms with E-state index in [4.69, 9.17) is 24.5 Å². The average molecular weight is 410 g/mol. The predicted octanol–water partition coefficient (Wildman–Crippen LogP) is 3.00. The number of aryl methyl sites for hydroxylation is 1. The molecule has 0 aliphatic heterocycles. The number of aromatic nitrogens is 2. The van der Waals surface area contributed by atoms with E-state index in [1.807, 2.05) is 60.8 Å². The van der Waals surface area contributed by atoms with Crippen LogP contribution in [0.1, 0.15) is 28.0 Å². The smallest absolute Gasteiger partial charge is 0.414 e. The van der Waals surface area contributed by atoms with Crippen LogP contribution in [-0.4, -0.2) is 44.5 Å². The molecule has 0 bridgehead atoms. The van der Waals surface area contributed by atoms with Gasteiger partial charge in [0, 0.05) is 23.9 Å². The van der Waals surface area contributed by atoms with Crippen LogP contribution in [0.5, 0.6) is 5.75 Å². The fraction of sp³-hybridized carbons (Fsp3) is 0.182. The lowest BCUT2D eigenvalue weighted by atomic mass is 10.0. The van der Waals surface area contributed by atoms with Crippen molar-refractivity contribution in [1.29, 1.82) is 0 Å². The van der Waals surface area contributed by atoms with E-state index in [9.17, 15) is 4.79 Å². The number of Topliss-reactive ketones (excluding diaryl/α,β-unsaturated/α-hetero) is 1. The number of ether oxygens (including phenoxy) is 1. The Morgan fingerprint density at radius 1 is 0.933 bits per heavy atom. The van der Waals surface area contributed by atoms with Gasteiger partial charge in [0.25, 0.3) is 0 Å². The van der Waals surface area contributed by atoms with E-state index in [0.29, 0.717) is 18.6 Å². The van der Waals surface area contributed by atoms with Gasteiger partial charge in [-0.1, -0.05) is 30.3 Å². The molecule has 0 unspecified atom stereocenters. The third-order valence-electron chi connectivity index (χ3n) is 3.98. The summed E-state index contributed by atoms with van der Waals surface area (Å²) in [6.07, 6.45) is 5.75.